The molecule has 0 bridgehead atoms. The van der Waals surface area contributed by atoms with Gasteiger partial charge in [0.05, 0.1) is 0 Å². The van der Waals surface area contributed by atoms with Crippen LogP contribution in [0.1, 0.15) is 41.6 Å². The highest BCUT2D eigenvalue weighted by molar-refractivity contribution is 6.31. The maximum atomic E-state index is 12.8. The normalized spacial score (nSPS) is 29.8. The van der Waals surface area contributed by atoms with Crippen molar-refractivity contribution in [2.75, 3.05) is 21.1 Å². The number of carbonyl (C=O) groups excluding carboxylic acids is 1. The lowest BCUT2D eigenvalue weighted by Gasteiger charge is -2.27. The zero-order valence-corrected chi connectivity index (χ0v) is 15.3. The number of benzene rings is 1. The second-order valence-corrected chi connectivity index (χ2v) is 8.02. The minimum atomic E-state index is 0.124. The topological polar surface area (TPSA) is 23.6 Å². The first-order valence-electron chi connectivity index (χ1n) is 8.56. The highest BCUT2D eigenvalue weighted by Crippen LogP contribution is 2.46. The van der Waals surface area contributed by atoms with E-state index in [0.29, 0.717) is 11.1 Å². The Morgan fingerprint density at radius 1 is 1.04 bits per heavy atom. The van der Waals surface area contributed by atoms with Gasteiger partial charge in [-0.25, -0.2) is 0 Å². The number of fused-ring (bicyclic) bond motifs is 1. The molecule has 0 saturated heterocycles. The zero-order valence-electron chi connectivity index (χ0n) is 14.6. The van der Waals surface area contributed by atoms with Crippen LogP contribution < -0.4 is 0 Å². The third-order valence-corrected chi connectivity index (χ3v) is 6.39. The minimum Gasteiger partial charge on any atom is -0.339 e. The Morgan fingerprint density at radius 2 is 1.61 bits per heavy atom. The Kier molecular flexibility index (Phi) is 4.70. The molecule has 4 heteroatoms. The molecular formula is C19H27ClN2O. The fourth-order valence-corrected chi connectivity index (χ4v) is 4.56. The van der Waals surface area contributed by atoms with Gasteiger partial charge in [-0.3, -0.25) is 4.79 Å². The highest BCUT2D eigenvalue weighted by Gasteiger charge is 2.44. The lowest BCUT2D eigenvalue weighted by Crippen LogP contribution is -2.36. The van der Waals surface area contributed by atoms with Crippen LogP contribution in [0.2, 0.25) is 5.02 Å². The molecule has 0 heterocycles. The first-order valence-corrected chi connectivity index (χ1v) is 8.94. The summed E-state index contributed by atoms with van der Waals surface area (Å²) in [6, 6.07) is 6.68. The number of hydrogen-bond donors (Lipinski definition) is 0. The summed E-state index contributed by atoms with van der Waals surface area (Å²) in [6.45, 7) is 1.94. The molecule has 1 aromatic rings. The van der Waals surface area contributed by atoms with Gasteiger partial charge >= 0.3 is 0 Å². The molecule has 2 aliphatic carbocycles. The largest absolute Gasteiger partial charge is 0.339 e. The van der Waals surface area contributed by atoms with Gasteiger partial charge in [0.25, 0.3) is 5.91 Å². The summed E-state index contributed by atoms with van der Waals surface area (Å²) in [5, 5.41) is 0.717. The number of halogens is 1. The van der Waals surface area contributed by atoms with Gasteiger partial charge in [0.15, 0.2) is 0 Å². The number of nitrogens with zero attached hydrogens (tertiary/aromatic N) is 2. The monoisotopic (exact) mass is 334 g/mol. The zero-order chi connectivity index (χ0) is 16.7. The van der Waals surface area contributed by atoms with Gasteiger partial charge in [-0.1, -0.05) is 11.6 Å². The van der Waals surface area contributed by atoms with Crippen molar-refractivity contribution >= 4 is 17.5 Å². The van der Waals surface area contributed by atoms with Gasteiger partial charge in [0, 0.05) is 29.7 Å². The van der Waals surface area contributed by atoms with E-state index >= 15 is 0 Å². The molecule has 3 rings (SSSR count). The SMILES string of the molecule is Cc1cc(C(=O)N(C)C2C[C@H]3CC(N(C)C)C[C@H]3C2)ccc1Cl. The summed E-state index contributed by atoms with van der Waals surface area (Å²) in [7, 11) is 6.32. The molecule has 2 saturated carbocycles. The Balaban J connectivity index is 1.65. The molecule has 23 heavy (non-hydrogen) atoms. The summed E-state index contributed by atoms with van der Waals surface area (Å²) in [5.41, 5.74) is 1.71. The Morgan fingerprint density at radius 3 is 2.13 bits per heavy atom. The summed E-state index contributed by atoms with van der Waals surface area (Å²) < 4.78 is 0. The van der Waals surface area contributed by atoms with Gasteiger partial charge in [-0.2, -0.15) is 0 Å². The number of hydrogen-bond acceptors (Lipinski definition) is 2. The second-order valence-electron chi connectivity index (χ2n) is 7.61. The van der Waals surface area contributed by atoms with Crippen LogP contribution in [0.4, 0.5) is 0 Å². The molecule has 2 aliphatic rings. The Bertz CT molecular complexity index is 587. The standard InChI is InChI=1S/C19H27ClN2O/c1-12-7-13(5-6-18(12)20)19(23)22(4)17-10-14-8-16(21(2)3)9-15(14)11-17/h5-7,14-17H,8-11H2,1-4H3/t14-,15+,16?,17?. The molecule has 0 aliphatic heterocycles. The van der Waals surface area contributed by atoms with Crippen LogP contribution in [0.3, 0.4) is 0 Å². The van der Waals surface area contributed by atoms with E-state index in [0.717, 1.165) is 41.8 Å². The first kappa shape index (κ1) is 16.8. The molecule has 0 spiro atoms. The van der Waals surface area contributed by atoms with Crippen molar-refractivity contribution in [1.29, 1.82) is 0 Å². The third-order valence-electron chi connectivity index (χ3n) is 5.97. The van der Waals surface area contributed by atoms with Crippen molar-refractivity contribution in [1.82, 2.24) is 9.80 Å². The molecule has 126 valence electrons. The van der Waals surface area contributed by atoms with E-state index in [1.807, 2.05) is 37.1 Å². The summed E-state index contributed by atoms with van der Waals surface area (Å²) in [6.07, 6.45) is 4.89. The molecule has 1 aromatic carbocycles. The predicted molar refractivity (Wildman–Crippen MR) is 95.0 cm³/mol. The lowest BCUT2D eigenvalue weighted by molar-refractivity contribution is 0.0726. The fourth-order valence-electron chi connectivity index (χ4n) is 4.44. The summed E-state index contributed by atoms with van der Waals surface area (Å²) >= 11 is 6.07. The molecule has 0 N–H and O–H groups in total. The van der Waals surface area contributed by atoms with Crippen LogP contribution in [-0.2, 0) is 0 Å². The smallest absolute Gasteiger partial charge is 0.253 e. The highest BCUT2D eigenvalue weighted by atomic mass is 35.5. The summed E-state index contributed by atoms with van der Waals surface area (Å²) in [5.74, 6) is 1.70. The molecule has 3 nitrogen and oxygen atoms in total. The molecule has 1 amide bonds. The first-order chi connectivity index (χ1) is 10.9. The molecular weight excluding hydrogens is 308 g/mol. The quantitative estimate of drug-likeness (QED) is 0.838. The predicted octanol–water partition coefficient (Wildman–Crippen LogP) is 3.84. The van der Waals surface area contributed by atoms with Gasteiger partial charge in [0.2, 0.25) is 0 Å². The average molecular weight is 335 g/mol. The van der Waals surface area contributed by atoms with Crippen molar-refractivity contribution in [2.24, 2.45) is 11.8 Å². The van der Waals surface area contributed by atoms with Crippen LogP contribution in [-0.4, -0.2) is 48.9 Å². The van der Waals surface area contributed by atoms with Crippen molar-refractivity contribution < 1.29 is 4.79 Å². The van der Waals surface area contributed by atoms with Crippen molar-refractivity contribution in [3.63, 3.8) is 0 Å². The number of aryl methyl sites for hydroxylation is 1. The third kappa shape index (κ3) is 3.27. The fraction of sp³-hybridized carbons (Fsp3) is 0.632. The number of amides is 1. The lowest BCUT2D eigenvalue weighted by atomic mass is 10.0. The Hall–Kier alpha value is -1.06. The van der Waals surface area contributed by atoms with E-state index in [4.69, 9.17) is 11.6 Å². The van der Waals surface area contributed by atoms with Crippen molar-refractivity contribution in [3.05, 3.63) is 34.3 Å². The molecule has 4 atom stereocenters. The maximum absolute atomic E-state index is 12.8. The molecule has 2 fully saturated rings. The summed E-state index contributed by atoms with van der Waals surface area (Å²) in [4.78, 5) is 17.1. The van der Waals surface area contributed by atoms with Crippen molar-refractivity contribution in [3.8, 4) is 0 Å². The van der Waals surface area contributed by atoms with Crippen LogP contribution in [0.5, 0.6) is 0 Å². The maximum Gasteiger partial charge on any atom is 0.253 e. The van der Waals surface area contributed by atoms with Crippen molar-refractivity contribution in [2.45, 2.75) is 44.7 Å². The van der Waals surface area contributed by atoms with Crippen LogP contribution >= 0.6 is 11.6 Å². The van der Waals surface area contributed by atoms with E-state index in [1.165, 1.54) is 12.8 Å². The van der Waals surface area contributed by atoms with Gasteiger partial charge in [0.1, 0.15) is 0 Å². The van der Waals surface area contributed by atoms with Gasteiger partial charge < -0.3 is 9.80 Å². The Labute approximate surface area is 144 Å². The van der Waals surface area contributed by atoms with E-state index in [9.17, 15) is 4.79 Å². The minimum absolute atomic E-state index is 0.124. The second kappa shape index (κ2) is 6.45. The number of rotatable bonds is 3. The van der Waals surface area contributed by atoms with E-state index in [2.05, 4.69) is 19.0 Å². The molecule has 0 aromatic heterocycles. The van der Waals surface area contributed by atoms with E-state index < -0.39 is 0 Å². The van der Waals surface area contributed by atoms with Crippen LogP contribution in [0.25, 0.3) is 0 Å². The van der Waals surface area contributed by atoms with Crippen LogP contribution in [0.15, 0.2) is 18.2 Å². The van der Waals surface area contributed by atoms with E-state index in [-0.39, 0.29) is 5.91 Å². The number of carbonyl (C=O) groups is 1. The van der Waals surface area contributed by atoms with E-state index in [1.54, 1.807) is 0 Å². The molecule has 2 unspecified atom stereocenters. The molecule has 0 radical (unpaired) electrons. The van der Waals surface area contributed by atoms with Crippen LogP contribution in [0, 0.1) is 18.8 Å². The van der Waals surface area contributed by atoms with Gasteiger partial charge in [-0.15, -0.1) is 0 Å². The average Bonchev–Trinajstić information content (AvgIpc) is 3.07. The van der Waals surface area contributed by atoms with Gasteiger partial charge in [-0.05, 0) is 82.3 Å².